The summed E-state index contributed by atoms with van der Waals surface area (Å²) in [6.45, 7) is 5.98. The summed E-state index contributed by atoms with van der Waals surface area (Å²) in [5, 5.41) is 5.83. The van der Waals surface area contributed by atoms with Crippen molar-refractivity contribution in [2.75, 3.05) is 19.6 Å². The Kier molecular flexibility index (Phi) is 3.50. The van der Waals surface area contributed by atoms with Crippen LogP contribution >= 0.6 is 11.3 Å². The number of thiophene rings is 1. The molecule has 1 N–H and O–H groups in total. The molecule has 2 unspecified atom stereocenters. The van der Waals surface area contributed by atoms with Gasteiger partial charge in [0.05, 0.1) is 0 Å². The molecule has 2 fully saturated rings. The number of nitrogens with zero attached hydrogens (tertiary/aromatic N) is 1. The molecule has 2 heterocycles. The summed E-state index contributed by atoms with van der Waals surface area (Å²) in [4.78, 5) is 4.27. The molecule has 1 aliphatic carbocycles. The quantitative estimate of drug-likeness (QED) is 0.882. The van der Waals surface area contributed by atoms with Crippen LogP contribution in [0.1, 0.15) is 24.6 Å². The van der Waals surface area contributed by atoms with Crippen molar-refractivity contribution in [3.63, 3.8) is 0 Å². The van der Waals surface area contributed by atoms with Crippen LogP contribution in [0.2, 0.25) is 0 Å². The SMILES string of the molecule is CC1CN(CCc2cccs2)C(C2CC2)CN1. The monoisotopic (exact) mass is 250 g/mol. The van der Waals surface area contributed by atoms with E-state index in [9.17, 15) is 0 Å². The summed E-state index contributed by atoms with van der Waals surface area (Å²) >= 11 is 1.90. The molecule has 3 heteroatoms. The third-order valence-corrected chi connectivity index (χ3v) is 4.98. The zero-order valence-electron chi connectivity index (χ0n) is 10.6. The minimum absolute atomic E-state index is 0.660. The van der Waals surface area contributed by atoms with E-state index in [2.05, 4.69) is 34.7 Å². The molecular weight excluding hydrogens is 228 g/mol. The van der Waals surface area contributed by atoms with Crippen molar-refractivity contribution >= 4 is 11.3 Å². The van der Waals surface area contributed by atoms with Crippen LogP contribution in [-0.2, 0) is 6.42 Å². The molecule has 2 nitrogen and oxygen atoms in total. The highest BCUT2D eigenvalue weighted by atomic mass is 32.1. The molecule has 2 atom stereocenters. The summed E-state index contributed by atoms with van der Waals surface area (Å²) in [6.07, 6.45) is 4.14. The maximum absolute atomic E-state index is 3.64. The minimum atomic E-state index is 0.660. The van der Waals surface area contributed by atoms with Crippen LogP contribution in [-0.4, -0.2) is 36.6 Å². The number of rotatable bonds is 4. The molecule has 1 aliphatic heterocycles. The Balaban J connectivity index is 1.57. The van der Waals surface area contributed by atoms with E-state index in [1.807, 2.05) is 11.3 Å². The van der Waals surface area contributed by atoms with E-state index in [0.29, 0.717) is 6.04 Å². The lowest BCUT2D eigenvalue weighted by Gasteiger charge is -2.39. The molecule has 94 valence electrons. The highest BCUT2D eigenvalue weighted by molar-refractivity contribution is 7.09. The average molecular weight is 250 g/mol. The third kappa shape index (κ3) is 2.90. The predicted molar refractivity (Wildman–Crippen MR) is 73.6 cm³/mol. The first-order valence-corrected chi connectivity index (χ1v) is 7.70. The fraction of sp³-hybridized carbons (Fsp3) is 0.714. The first kappa shape index (κ1) is 11.7. The molecule has 2 aliphatic rings. The zero-order chi connectivity index (χ0) is 11.7. The Labute approximate surface area is 108 Å². The Morgan fingerprint density at radius 1 is 1.47 bits per heavy atom. The average Bonchev–Trinajstić information content (AvgIpc) is 3.03. The third-order valence-electron chi connectivity index (χ3n) is 4.04. The van der Waals surface area contributed by atoms with Gasteiger partial charge in [0.2, 0.25) is 0 Å². The van der Waals surface area contributed by atoms with Gasteiger partial charge in [-0.1, -0.05) is 6.07 Å². The first-order valence-electron chi connectivity index (χ1n) is 6.83. The molecule has 1 saturated heterocycles. The molecule has 1 saturated carbocycles. The normalized spacial score (nSPS) is 30.6. The van der Waals surface area contributed by atoms with E-state index < -0.39 is 0 Å². The van der Waals surface area contributed by atoms with Crippen LogP contribution in [0.3, 0.4) is 0 Å². The molecule has 1 aromatic rings. The second-order valence-electron chi connectivity index (χ2n) is 5.54. The van der Waals surface area contributed by atoms with E-state index in [1.165, 1.54) is 43.8 Å². The van der Waals surface area contributed by atoms with Gasteiger partial charge in [0.15, 0.2) is 0 Å². The molecule has 17 heavy (non-hydrogen) atoms. The van der Waals surface area contributed by atoms with Gasteiger partial charge in [0.25, 0.3) is 0 Å². The van der Waals surface area contributed by atoms with Crippen molar-refractivity contribution in [3.8, 4) is 0 Å². The van der Waals surface area contributed by atoms with E-state index in [-0.39, 0.29) is 0 Å². The summed E-state index contributed by atoms with van der Waals surface area (Å²) < 4.78 is 0. The van der Waals surface area contributed by atoms with Crippen LogP contribution in [0.5, 0.6) is 0 Å². The van der Waals surface area contributed by atoms with Gasteiger partial charge in [-0.2, -0.15) is 0 Å². The van der Waals surface area contributed by atoms with E-state index in [1.54, 1.807) is 0 Å². The Hall–Kier alpha value is -0.380. The Bertz CT molecular complexity index is 345. The summed E-state index contributed by atoms with van der Waals surface area (Å²) in [7, 11) is 0. The van der Waals surface area contributed by atoms with Crippen molar-refractivity contribution in [3.05, 3.63) is 22.4 Å². The molecule has 0 spiro atoms. The van der Waals surface area contributed by atoms with Crippen LogP contribution in [0, 0.1) is 5.92 Å². The van der Waals surface area contributed by atoms with Gasteiger partial charge >= 0.3 is 0 Å². The van der Waals surface area contributed by atoms with Crippen molar-refractivity contribution < 1.29 is 0 Å². The van der Waals surface area contributed by atoms with Crippen molar-refractivity contribution in [2.45, 2.75) is 38.3 Å². The first-order chi connectivity index (χ1) is 8.33. The zero-order valence-corrected chi connectivity index (χ0v) is 11.4. The van der Waals surface area contributed by atoms with E-state index >= 15 is 0 Å². The minimum Gasteiger partial charge on any atom is -0.311 e. The lowest BCUT2D eigenvalue weighted by atomic mass is 10.1. The maximum Gasteiger partial charge on any atom is 0.0249 e. The highest BCUT2D eigenvalue weighted by Crippen LogP contribution is 2.36. The Morgan fingerprint density at radius 2 is 2.35 bits per heavy atom. The molecule has 1 aromatic heterocycles. The van der Waals surface area contributed by atoms with Crippen molar-refractivity contribution in [1.82, 2.24) is 10.2 Å². The summed E-state index contributed by atoms with van der Waals surface area (Å²) in [5.41, 5.74) is 0. The fourth-order valence-corrected chi connectivity index (χ4v) is 3.61. The highest BCUT2D eigenvalue weighted by Gasteiger charge is 2.37. The van der Waals surface area contributed by atoms with Gasteiger partial charge < -0.3 is 5.32 Å². The van der Waals surface area contributed by atoms with Gasteiger partial charge in [0, 0.05) is 36.6 Å². The van der Waals surface area contributed by atoms with E-state index in [0.717, 1.165) is 12.0 Å². The number of hydrogen-bond acceptors (Lipinski definition) is 3. The molecular formula is C14H22N2S. The van der Waals surface area contributed by atoms with Crippen molar-refractivity contribution in [2.24, 2.45) is 5.92 Å². The molecule has 0 radical (unpaired) electrons. The number of hydrogen-bond donors (Lipinski definition) is 1. The lowest BCUT2D eigenvalue weighted by molar-refractivity contribution is 0.121. The maximum atomic E-state index is 3.64. The van der Waals surface area contributed by atoms with Crippen LogP contribution < -0.4 is 5.32 Å². The molecule has 0 amide bonds. The summed E-state index contributed by atoms with van der Waals surface area (Å²) in [6, 6.07) is 5.90. The topological polar surface area (TPSA) is 15.3 Å². The molecule has 0 aromatic carbocycles. The molecule has 0 bridgehead atoms. The fourth-order valence-electron chi connectivity index (χ4n) is 2.91. The summed E-state index contributed by atoms with van der Waals surface area (Å²) in [5.74, 6) is 0.985. The van der Waals surface area contributed by atoms with Gasteiger partial charge in [-0.05, 0) is 43.6 Å². The predicted octanol–water partition coefficient (Wildman–Crippen LogP) is 2.36. The smallest absolute Gasteiger partial charge is 0.0249 e. The van der Waals surface area contributed by atoms with Gasteiger partial charge in [-0.15, -0.1) is 11.3 Å². The van der Waals surface area contributed by atoms with Crippen LogP contribution in [0.25, 0.3) is 0 Å². The largest absolute Gasteiger partial charge is 0.311 e. The van der Waals surface area contributed by atoms with Crippen LogP contribution in [0.4, 0.5) is 0 Å². The number of nitrogens with one attached hydrogen (secondary N) is 1. The molecule has 3 rings (SSSR count). The Morgan fingerprint density at radius 3 is 3.06 bits per heavy atom. The second-order valence-corrected chi connectivity index (χ2v) is 6.57. The van der Waals surface area contributed by atoms with Gasteiger partial charge in [-0.25, -0.2) is 0 Å². The lowest BCUT2D eigenvalue weighted by Crippen LogP contribution is -2.56. The van der Waals surface area contributed by atoms with Crippen molar-refractivity contribution in [1.29, 1.82) is 0 Å². The van der Waals surface area contributed by atoms with E-state index in [4.69, 9.17) is 0 Å². The standard InChI is InChI=1S/C14H22N2S/c1-11-10-16(7-6-13-3-2-8-17-13)14(9-15-11)12-4-5-12/h2-3,8,11-12,14-15H,4-7,9-10H2,1H3. The van der Waals surface area contributed by atoms with Gasteiger partial charge in [0.1, 0.15) is 0 Å². The van der Waals surface area contributed by atoms with Gasteiger partial charge in [-0.3, -0.25) is 4.90 Å². The van der Waals surface area contributed by atoms with Crippen LogP contribution in [0.15, 0.2) is 17.5 Å². The second kappa shape index (κ2) is 5.09. The number of piperazine rings is 1.